The molecule has 0 saturated heterocycles. The molecule has 9 nitrogen and oxygen atoms in total. The monoisotopic (exact) mass is 598 g/mol. The highest BCUT2D eigenvalue weighted by atomic mass is 32.2. The number of methoxy groups -OCH3 is 2. The van der Waals surface area contributed by atoms with Gasteiger partial charge in [0.05, 0.1) is 27.4 Å². The number of ether oxygens (including phenoxy) is 3. The van der Waals surface area contributed by atoms with Gasteiger partial charge in [-0.15, -0.1) is 0 Å². The van der Waals surface area contributed by atoms with E-state index in [1.54, 1.807) is 48.5 Å². The summed E-state index contributed by atoms with van der Waals surface area (Å²) in [6.45, 7) is 4.09. The van der Waals surface area contributed by atoms with E-state index < -0.39 is 20.2 Å². The molecule has 0 aliphatic heterocycles. The van der Waals surface area contributed by atoms with Crippen LogP contribution < -0.4 is 17.8 Å². The number of hydrogen-bond acceptors (Lipinski definition) is 9. The first-order valence-electron chi connectivity index (χ1n) is 12.4. The van der Waals surface area contributed by atoms with Crippen LogP contribution in [0, 0.1) is 13.8 Å². The van der Waals surface area contributed by atoms with E-state index in [1.165, 1.54) is 50.6 Å². The molecule has 0 fully saturated rings. The molecule has 0 heterocycles. The van der Waals surface area contributed by atoms with Crippen molar-refractivity contribution >= 4 is 20.2 Å². The summed E-state index contributed by atoms with van der Waals surface area (Å²) in [6, 6.07) is 22.3. The maximum atomic E-state index is 12.7. The largest absolute Gasteiger partial charge is 0.493 e. The molecule has 0 radical (unpaired) electrons. The lowest BCUT2D eigenvalue weighted by molar-refractivity contribution is 0.107. The topological polar surface area (TPSA) is 114 Å². The van der Waals surface area contributed by atoms with Gasteiger partial charge in [-0.2, -0.15) is 16.8 Å². The Morgan fingerprint density at radius 2 is 0.878 bits per heavy atom. The fourth-order valence-corrected chi connectivity index (χ4v) is 5.65. The van der Waals surface area contributed by atoms with Crippen LogP contribution >= 0.6 is 0 Å². The van der Waals surface area contributed by atoms with Crippen molar-refractivity contribution in [3.8, 4) is 23.0 Å². The van der Waals surface area contributed by atoms with Crippen LogP contribution in [-0.4, -0.2) is 31.1 Å². The minimum absolute atomic E-state index is 0.0390. The lowest BCUT2D eigenvalue weighted by atomic mass is 10.2. The van der Waals surface area contributed by atoms with E-state index in [9.17, 15) is 16.8 Å². The van der Waals surface area contributed by atoms with Crippen LogP contribution in [0.1, 0.15) is 22.3 Å². The van der Waals surface area contributed by atoms with Crippen LogP contribution in [0.3, 0.4) is 0 Å². The average molecular weight is 599 g/mol. The van der Waals surface area contributed by atoms with E-state index in [0.29, 0.717) is 0 Å². The SMILES string of the molecule is COc1cc(COCc2ccc(OS(=O)(=O)c3ccc(C)cc3)c(OC)c2)ccc1OS(=O)(=O)c1ccc(C)cc1. The molecule has 4 aromatic carbocycles. The van der Waals surface area contributed by atoms with E-state index in [4.69, 9.17) is 22.6 Å². The van der Waals surface area contributed by atoms with Crippen LogP contribution in [0.2, 0.25) is 0 Å². The second-order valence-corrected chi connectivity index (χ2v) is 12.3. The van der Waals surface area contributed by atoms with Crippen molar-refractivity contribution in [2.75, 3.05) is 14.2 Å². The van der Waals surface area contributed by atoms with Crippen molar-refractivity contribution in [2.24, 2.45) is 0 Å². The molecule has 4 aromatic rings. The lowest BCUT2D eigenvalue weighted by Crippen LogP contribution is -2.10. The average Bonchev–Trinajstić information content (AvgIpc) is 2.94. The van der Waals surface area contributed by atoms with Crippen molar-refractivity contribution in [1.82, 2.24) is 0 Å². The molecule has 11 heteroatoms. The maximum Gasteiger partial charge on any atom is 0.339 e. The number of hydrogen-bond donors (Lipinski definition) is 0. The predicted molar refractivity (Wildman–Crippen MR) is 152 cm³/mol. The minimum Gasteiger partial charge on any atom is -0.493 e. The van der Waals surface area contributed by atoms with Crippen molar-refractivity contribution < 1.29 is 39.4 Å². The van der Waals surface area contributed by atoms with Crippen molar-refractivity contribution in [3.05, 3.63) is 107 Å². The van der Waals surface area contributed by atoms with Crippen LogP contribution in [0.4, 0.5) is 0 Å². The molecule has 4 rings (SSSR count). The van der Waals surface area contributed by atoms with Gasteiger partial charge in [0.1, 0.15) is 9.79 Å². The highest BCUT2D eigenvalue weighted by Gasteiger charge is 2.21. The zero-order valence-electron chi connectivity index (χ0n) is 23.0. The summed E-state index contributed by atoms with van der Waals surface area (Å²) in [7, 11) is -5.24. The highest BCUT2D eigenvalue weighted by molar-refractivity contribution is 7.87. The van der Waals surface area contributed by atoms with Crippen LogP contribution in [0.15, 0.2) is 94.7 Å². The molecular formula is C30H30O9S2. The molecule has 41 heavy (non-hydrogen) atoms. The minimum atomic E-state index is -4.04. The molecule has 0 saturated carbocycles. The van der Waals surface area contributed by atoms with E-state index in [1.807, 2.05) is 13.8 Å². The summed E-state index contributed by atoms with van der Waals surface area (Å²) in [5, 5.41) is 0. The fourth-order valence-electron chi connectivity index (χ4n) is 3.77. The lowest BCUT2D eigenvalue weighted by Gasteiger charge is -2.14. The smallest absolute Gasteiger partial charge is 0.339 e. The molecule has 0 spiro atoms. The Hall–Kier alpha value is -4.06. The molecule has 0 aliphatic rings. The van der Waals surface area contributed by atoms with Crippen molar-refractivity contribution in [3.63, 3.8) is 0 Å². The van der Waals surface area contributed by atoms with Crippen molar-refractivity contribution in [2.45, 2.75) is 36.9 Å². The highest BCUT2D eigenvalue weighted by Crippen LogP contribution is 2.33. The Balaban J connectivity index is 1.40. The Labute approximate surface area is 240 Å². The van der Waals surface area contributed by atoms with Crippen LogP contribution in [0.25, 0.3) is 0 Å². The standard InChI is InChI=1S/C30H30O9S2/c1-21-5-11-25(12-6-21)40(31,32)38-27-15-9-23(17-29(27)35-3)19-37-20-24-10-16-28(30(18-24)36-4)39-41(33,34)26-13-7-22(2)8-14-26/h5-18H,19-20H2,1-4H3. The predicted octanol–water partition coefficient (Wildman–Crippen LogP) is 5.57. The second kappa shape index (κ2) is 12.6. The van der Waals surface area contributed by atoms with Crippen LogP contribution in [0.5, 0.6) is 23.0 Å². The Morgan fingerprint density at radius 1 is 0.512 bits per heavy atom. The molecule has 0 unspecified atom stereocenters. The third kappa shape index (κ3) is 7.57. The first-order valence-corrected chi connectivity index (χ1v) is 15.3. The third-order valence-electron chi connectivity index (χ3n) is 6.01. The molecule has 216 valence electrons. The zero-order chi connectivity index (χ0) is 29.6. The molecule has 0 aliphatic carbocycles. The number of benzene rings is 4. The quantitative estimate of drug-likeness (QED) is 0.193. The maximum absolute atomic E-state index is 12.7. The molecule has 0 aromatic heterocycles. The van der Waals surface area contributed by atoms with Gasteiger partial charge in [0.25, 0.3) is 0 Å². The van der Waals surface area contributed by atoms with Crippen molar-refractivity contribution in [1.29, 1.82) is 0 Å². The summed E-state index contributed by atoms with van der Waals surface area (Å²) in [6.07, 6.45) is 0. The normalized spacial score (nSPS) is 11.6. The molecular weight excluding hydrogens is 568 g/mol. The third-order valence-corrected chi connectivity index (χ3v) is 8.51. The Bertz CT molecular complexity index is 1580. The van der Waals surface area contributed by atoms with E-state index in [2.05, 4.69) is 0 Å². The number of aryl methyl sites for hydroxylation is 2. The van der Waals surface area contributed by atoms with Gasteiger partial charge in [0.15, 0.2) is 23.0 Å². The molecule has 0 atom stereocenters. The second-order valence-electron chi connectivity index (χ2n) is 9.16. The first-order chi connectivity index (χ1) is 19.5. The van der Waals surface area contributed by atoms with Gasteiger partial charge in [-0.25, -0.2) is 0 Å². The first kappa shape index (κ1) is 29.9. The summed E-state index contributed by atoms with van der Waals surface area (Å²) in [4.78, 5) is 0.0781. The summed E-state index contributed by atoms with van der Waals surface area (Å²) in [5.74, 6) is 0.579. The Morgan fingerprint density at radius 3 is 1.22 bits per heavy atom. The van der Waals surface area contributed by atoms with Crippen LogP contribution in [-0.2, 0) is 38.2 Å². The molecule has 0 amide bonds. The van der Waals surface area contributed by atoms with Gasteiger partial charge in [0.2, 0.25) is 0 Å². The van der Waals surface area contributed by atoms with Gasteiger partial charge in [-0.1, -0.05) is 47.5 Å². The molecule has 0 bridgehead atoms. The van der Waals surface area contributed by atoms with Gasteiger partial charge >= 0.3 is 20.2 Å². The van der Waals surface area contributed by atoms with E-state index in [0.717, 1.165) is 22.3 Å². The van der Waals surface area contributed by atoms with Gasteiger partial charge in [0, 0.05) is 0 Å². The fraction of sp³-hybridized carbons (Fsp3) is 0.200. The summed E-state index contributed by atoms with van der Waals surface area (Å²) >= 11 is 0. The summed E-state index contributed by atoms with van der Waals surface area (Å²) < 4.78 is 77.9. The molecule has 0 N–H and O–H groups in total. The van der Waals surface area contributed by atoms with Gasteiger partial charge < -0.3 is 22.6 Å². The van der Waals surface area contributed by atoms with Gasteiger partial charge in [-0.05, 0) is 73.5 Å². The van der Waals surface area contributed by atoms with E-state index in [-0.39, 0.29) is 46.0 Å². The van der Waals surface area contributed by atoms with Gasteiger partial charge in [-0.3, -0.25) is 0 Å². The van der Waals surface area contributed by atoms with E-state index >= 15 is 0 Å². The number of rotatable bonds is 12. The zero-order valence-corrected chi connectivity index (χ0v) is 24.6. The summed E-state index contributed by atoms with van der Waals surface area (Å²) in [5.41, 5.74) is 3.30. The Kier molecular flexibility index (Phi) is 9.21.